The van der Waals surface area contributed by atoms with Crippen LogP contribution in [0.25, 0.3) is 0 Å². The minimum atomic E-state index is -2.60. The second-order valence-corrected chi connectivity index (χ2v) is 27.8. The second-order valence-electron chi connectivity index (χ2n) is 27.8. The highest BCUT2D eigenvalue weighted by Gasteiger charge is 2.44. The zero-order valence-electron chi connectivity index (χ0n) is 58.7. The van der Waals surface area contributed by atoms with Gasteiger partial charge in [0.25, 0.3) is 0 Å². The number of amides is 12. The molecule has 12 amide bonds. The molecule has 0 saturated carbocycles. The summed E-state index contributed by atoms with van der Waals surface area (Å²) in [6.07, 6.45) is -9.52. The lowest BCUT2D eigenvalue weighted by molar-refractivity contribution is -0.159. The van der Waals surface area contributed by atoms with Gasteiger partial charge in [-0.25, -0.2) is 9.59 Å². The second kappa shape index (κ2) is 39.6. The van der Waals surface area contributed by atoms with Crippen LogP contribution in [0.3, 0.4) is 0 Å². The zero-order valence-corrected chi connectivity index (χ0v) is 58.7. The molecule has 0 unspecified atom stereocenters. The highest BCUT2D eigenvalue weighted by molar-refractivity contribution is 6.00. The summed E-state index contributed by atoms with van der Waals surface area (Å²) >= 11 is 0. The van der Waals surface area contributed by atoms with E-state index in [9.17, 15) is 68.4 Å². The number of benzene rings is 1. The van der Waals surface area contributed by atoms with Crippen LogP contribution in [0.2, 0.25) is 0 Å². The van der Waals surface area contributed by atoms with Crippen molar-refractivity contribution in [2.75, 3.05) is 19.7 Å². The number of alkyl carbamates (subject to hydrolysis) is 1. The molecule has 1 aromatic rings. The number of cyclic esters (lactones) is 1. The summed E-state index contributed by atoms with van der Waals surface area (Å²) in [7, 11) is 0. The number of rotatable bonds is 23. The van der Waals surface area contributed by atoms with Gasteiger partial charge >= 0.3 is 12.1 Å². The van der Waals surface area contributed by atoms with Crippen molar-refractivity contribution in [3.05, 3.63) is 35.9 Å². The Balaban J connectivity index is 3.19. The van der Waals surface area contributed by atoms with Gasteiger partial charge in [-0.15, -0.1) is 0 Å². The van der Waals surface area contributed by atoms with Gasteiger partial charge in [0.05, 0.1) is 25.4 Å². The molecule has 0 spiro atoms. The number of carbonyl (C=O) groups excluding carboxylic acids is 13. The summed E-state index contributed by atoms with van der Waals surface area (Å²) in [6.45, 7) is 21.7. The molecular weight excluding hydrogens is 1280 g/mol. The molecule has 0 bridgehead atoms. The van der Waals surface area contributed by atoms with Gasteiger partial charge in [-0.2, -0.15) is 0 Å². The van der Waals surface area contributed by atoms with Crippen LogP contribution in [0.4, 0.5) is 4.79 Å². The van der Waals surface area contributed by atoms with Crippen molar-refractivity contribution in [3.63, 3.8) is 0 Å². The van der Waals surface area contributed by atoms with Gasteiger partial charge in [0.15, 0.2) is 24.2 Å². The van der Waals surface area contributed by atoms with E-state index in [-0.39, 0.29) is 56.6 Å². The molecule has 34 nitrogen and oxygen atoms in total. The Hall–Kier alpha value is -8.76. The number of nitrogens with one attached hydrogen (secondary N) is 13. The van der Waals surface area contributed by atoms with Crippen LogP contribution in [0.1, 0.15) is 154 Å². The van der Waals surface area contributed by atoms with E-state index >= 15 is 14.4 Å². The third kappa shape index (κ3) is 29.1. The van der Waals surface area contributed by atoms with Gasteiger partial charge in [-0.3, -0.25) is 58.1 Å². The van der Waals surface area contributed by atoms with Gasteiger partial charge in [0.1, 0.15) is 60.0 Å². The van der Waals surface area contributed by atoms with E-state index in [0.717, 1.165) is 6.92 Å². The Labute approximate surface area is 571 Å². The largest absolute Gasteiger partial charge is 0.453 e. The maximum absolute atomic E-state index is 15.6. The Kier molecular flexibility index (Phi) is 34.5. The highest BCUT2D eigenvalue weighted by Crippen LogP contribution is 2.26. The van der Waals surface area contributed by atoms with Crippen LogP contribution in [0.5, 0.6) is 0 Å². The molecule has 1 aliphatic heterocycles. The predicted octanol–water partition coefficient (Wildman–Crippen LogP) is -3.27. The standard InChI is InChI=1S/C64H107N15O19/c1-16-33(8)42-56(91)77-43(34(9)81)55(90)69-28-41(82)75-45(48(84)50(65)85)58(93)73-40(29-80)60(95)97-49(35-21-18-17-19-22-35)46(79-54(89)39(27-63(10,11)12)72-53(88)38(26-31(4)5)74-62(96)98-64(13,14)15)59(94)78-44(47(83)32(6)7)57(92)71-37(25-30(2)3)52(87)70-36(51(86)76-42)23-20-24-68-61(66)67/h17-19,21-22,30-34,36-40,42-49,80-81,83-84H,16,20,23-29H2,1-15H3,(H2,65,85)(H,69,90)(H,70,87)(H,71,92)(H,72,88)(H,73,93)(H,74,96)(H,75,82)(H,76,86)(H,77,91)(H,78,94)(H,79,89)(H4,66,67,68)/t33-,34-,36+,37-,38+,39-,40-,42-,43-,44-,45-,46-,47+,48-,49+/m0/s1. The summed E-state index contributed by atoms with van der Waals surface area (Å²) in [5.74, 6) is -17.7. The van der Waals surface area contributed by atoms with E-state index in [4.69, 9.17) is 26.4 Å². The molecule has 1 aliphatic rings. The molecule has 21 N–H and O–H groups in total. The van der Waals surface area contributed by atoms with Crippen molar-refractivity contribution in [2.24, 2.45) is 40.6 Å². The summed E-state index contributed by atoms with van der Waals surface area (Å²) in [6, 6.07) is -11.5. The predicted molar refractivity (Wildman–Crippen MR) is 355 cm³/mol. The molecule has 0 aliphatic carbocycles. The van der Waals surface area contributed by atoms with Crippen LogP contribution < -0.4 is 75.3 Å². The molecule has 1 saturated heterocycles. The lowest BCUT2D eigenvalue weighted by atomic mass is 9.87. The van der Waals surface area contributed by atoms with Gasteiger partial charge < -0.3 is 105 Å². The monoisotopic (exact) mass is 1390 g/mol. The number of esters is 1. The number of nitrogens with two attached hydrogens (primary N) is 2. The summed E-state index contributed by atoms with van der Waals surface area (Å²) in [5.41, 5.74) is 8.94. The van der Waals surface area contributed by atoms with E-state index < -0.39 is 210 Å². The Morgan fingerprint density at radius 3 is 1.73 bits per heavy atom. The number of hydrogen-bond acceptors (Lipinski definition) is 20. The average molecular weight is 1390 g/mol. The van der Waals surface area contributed by atoms with Crippen LogP contribution in [0.15, 0.2) is 30.3 Å². The molecular formula is C64H107N15O19. The molecule has 0 aromatic heterocycles. The van der Waals surface area contributed by atoms with Gasteiger partial charge in [-0.1, -0.05) is 113 Å². The maximum Gasteiger partial charge on any atom is 0.408 e. The normalized spacial score (nSPS) is 23.9. The minimum Gasteiger partial charge on any atom is -0.453 e. The summed E-state index contributed by atoms with van der Waals surface area (Å²) < 4.78 is 11.4. The quantitative estimate of drug-likeness (QED) is 0.0221. The summed E-state index contributed by atoms with van der Waals surface area (Å²) in [4.78, 5) is 185. The van der Waals surface area contributed by atoms with E-state index in [1.165, 1.54) is 44.2 Å². The topological polar surface area (TPSA) is 542 Å². The number of primary amides is 1. The van der Waals surface area contributed by atoms with Crippen LogP contribution in [0, 0.1) is 34.5 Å². The maximum atomic E-state index is 15.6. The zero-order chi connectivity index (χ0) is 74.9. The summed E-state index contributed by atoms with van der Waals surface area (Å²) in [5, 5.41) is 81.2. The molecule has 1 aromatic carbocycles. The number of aliphatic hydroxyl groups excluding tert-OH is 4. The fourth-order valence-corrected chi connectivity index (χ4v) is 9.93. The van der Waals surface area contributed by atoms with E-state index in [1.807, 2.05) is 10.6 Å². The molecule has 34 heteroatoms. The Morgan fingerprint density at radius 1 is 0.663 bits per heavy atom. The van der Waals surface area contributed by atoms with Gasteiger partial charge in [0, 0.05) is 6.54 Å². The number of aliphatic hydroxyl groups is 4. The van der Waals surface area contributed by atoms with Gasteiger partial charge in [-0.05, 0) is 94.4 Å². The van der Waals surface area contributed by atoms with E-state index in [2.05, 4.69) is 53.2 Å². The molecule has 2 rings (SSSR count). The fourth-order valence-electron chi connectivity index (χ4n) is 9.93. The highest BCUT2D eigenvalue weighted by atomic mass is 16.6. The number of ether oxygens (including phenoxy) is 2. The first-order chi connectivity index (χ1) is 45.4. The lowest BCUT2D eigenvalue weighted by Gasteiger charge is -2.34. The first-order valence-electron chi connectivity index (χ1n) is 32.7. The first-order valence-corrected chi connectivity index (χ1v) is 32.7. The van der Waals surface area contributed by atoms with Crippen LogP contribution >= 0.6 is 0 Å². The molecule has 552 valence electrons. The third-order valence-corrected chi connectivity index (χ3v) is 15.2. The fraction of sp³-hybridized carbons (Fsp3) is 0.688. The van der Waals surface area contributed by atoms with Crippen molar-refractivity contribution in [1.82, 2.24) is 63.8 Å². The molecule has 0 radical (unpaired) electrons. The molecule has 98 heavy (non-hydrogen) atoms. The Morgan fingerprint density at radius 2 is 1.21 bits per heavy atom. The lowest BCUT2D eigenvalue weighted by Crippen LogP contribution is -2.64. The molecule has 1 heterocycles. The smallest absolute Gasteiger partial charge is 0.408 e. The third-order valence-electron chi connectivity index (χ3n) is 15.2. The van der Waals surface area contributed by atoms with Crippen molar-refractivity contribution in [1.29, 1.82) is 5.41 Å². The van der Waals surface area contributed by atoms with Crippen molar-refractivity contribution in [2.45, 2.75) is 233 Å². The van der Waals surface area contributed by atoms with E-state index in [1.54, 1.807) is 83.1 Å². The van der Waals surface area contributed by atoms with E-state index in [0.29, 0.717) is 0 Å². The first kappa shape index (κ1) is 85.3. The van der Waals surface area contributed by atoms with Crippen LogP contribution in [-0.2, 0) is 67.0 Å². The van der Waals surface area contributed by atoms with Gasteiger partial charge in [0.2, 0.25) is 65.0 Å². The minimum absolute atomic E-state index is 0.000556. The van der Waals surface area contributed by atoms with Crippen LogP contribution in [-0.4, -0.2) is 207 Å². The Bertz CT molecular complexity index is 2920. The molecule has 1 fully saturated rings. The average Bonchev–Trinajstić information content (AvgIpc) is 0.822. The van der Waals surface area contributed by atoms with Crippen molar-refractivity contribution in [3.8, 4) is 0 Å². The SMILES string of the molecule is CC[C@H](C)[C@@H]1NC(=O)[C@@H](CCCNC(=N)N)NC(=O)[C@H](CC(C)C)NC(=O)[C@H]([C@H](O)C(C)C)NC(=O)[C@@H](NC(=O)[C@H](CC(C)(C)C)NC(=O)[C@@H](CC(C)C)NC(=O)OC(C)(C)C)[C@@H](c2ccccc2)OC(=O)[C@H](CO)NC(=O)[C@H]([C@H](O)C(N)=O)NC(=O)CNC(=O)[C@H]([C@H](C)O)NC1=O. The number of carbonyl (C=O) groups is 13. The van der Waals surface area contributed by atoms with Crippen molar-refractivity contribution >= 4 is 83.0 Å². The molecule has 15 atom stereocenters. The van der Waals surface area contributed by atoms with Crippen molar-refractivity contribution < 1.29 is 92.2 Å². The number of guanidine groups is 1. The number of hydrogen-bond donors (Lipinski definition) is 19.